The van der Waals surface area contributed by atoms with E-state index in [-0.39, 0.29) is 12.5 Å². The van der Waals surface area contributed by atoms with E-state index in [1.165, 1.54) is 19.3 Å². The van der Waals surface area contributed by atoms with Crippen LogP contribution in [0.25, 0.3) is 11.0 Å². The first-order valence-electron chi connectivity index (χ1n) is 11.2. The normalized spacial score (nSPS) is 19.2. The molecule has 1 atom stereocenters. The number of hydrogen-bond acceptors (Lipinski definition) is 5. The summed E-state index contributed by atoms with van der Waals surface area (Å²) in [6, 6.07) is 5.99. The van der Waals surface area contributed by atoms with Crippen LogP contribution in [0.3, 0.4) is 0 Å². The van der Waals surface area contributed by atoms with Gasteiger partial charge in [0, 0.05) is 30.2 Å². The van der Waals surface area contributed by atoms with Crippen LogP contribution in [0, 0.1) is 12.8 Å². The number of aliphatic hydroxyl groups is 1. The van der Waals surface area contributed by atoms with Crippen LogP contribution in [-0.4, -0.2) is 35.5 Å². The monoisotopic (exact) mass is 418 g/mol. The second-order valence-corrected chi connectivity index (χ2v) is 8.27. The van der Waals surface area contributed by atoms with Gasteiger partial charge < -0.3 is 24.1 Å². The van der Waals surface area contributed by atoms with E-state index < -0.39 is 12.1 Å². The summed E-state index contributed by atoms with van der Waals surface area (Å²) in [4.78, 5) is 9.37. The molecule has 30 heavy (non-hydrogen) atoms. The van der Waals surface area contributed by atoms with Crippen molar-refractivity contribution >= 4 is 16.9 Å². The van der Waals surface area contributed by atoms with E-state index in [0.29, 0.717) is 5.92 Å². The number of aryl methyl sites for hydroxylation is 1. The average Bonchev–Trinajstić information content (AvgIpc) is 3.11. The maximum atomic E-state index is 10.8. The number of aliphatic carboxylic acids is 1. The van der Waals surface area contributed by atoms with E-state index in [9.17, 15) is 9.90 Å². The predicted octanol–water partition coefficient (Wildman–Crippen LogP) is 5.39. The summed E-state index contributed by atoms with van der Waals surface area (Å²) in [5, 5.41) is 19.6. The summed E-state index contributed by atoms with van der Waals surface area (Å²) in [6.07, 6.45) is 7.73. The summed E-state index contributed by atoms with van der Waals surface area (Å²) >= 11 is 0. The molecule has 1 aliphatic carbocycles. The highest BCUT2D eigenvalue weighted by Crippen LogP contribution is 2.39. The third-order valence-electron chi connectivity index (χ3n) is 6.08. The summed E-state index contributed by atoms with van der Waals surface area (Å²) < 4.78 is 17.5. The smallest absolute Gasteiger partial charge is 0.303 e. The maximum Gasteiger partial charge on any atom is 0.303 e. The van der Waals surface area contributed by atoms with Gasteiger partial charge >= 0.3 is 5.97 Å². The van der Waals surface area contributed by atoms with Crippen molar-refractivity contribution in [2.75, 3.05) is 13.2 Å². The van der Waals surface area contributed by atoms with E-state index in [4.69, 9.17) is 19.0 Å². The van der Waals surface area contributed by atoms with Crippen LogP contribution in [0.15, 0.2) is 22.6 Å². The van der Waals surface area contributed by atoms with Gasteiger partial charge in [0.1, 0.15) is 29.3 Å². The number of carboxylic acids is 1. The van der Waals surface area contributed by atoms with Gasteiger partial charge in [-0.05, 0) is 43.9 Å². The molecular formula is C24H34O6. The maximum absolute atomic E-state index is 10.8. The Hall–Kier alpha value is -2.05. The van der Waals surface area contributed by atoms with Crippen LogP contribution in [0.2, 0.25) is 0 Å². The largest absolute Gasteiger partial charge is 0.490 e. The molecule has 0 bridgehead atoms. The number of fused-ring (bicyclic) bond motifs is 1. The fourth-order valence-electron chi connectivity index (χ4n) is 4.22. The zero-order valence-electron chi connectivity index (χ0n) is 18.1. The molecule has 6 heteroatoms. The van der Waals surface area contributed by atoms with Gasteiger partial charge in [0.2, 0.25) is 0 Å². The van der Waals surface area contributed by atoms with Crippen LogP contribution >= 0.6 is 0 Å². The van der Waals surface area contributed by atoms with Crippen molar-refractivity contribution in [3.05, 3.63) is 29.5 Å². The van der Waals surface area contributed by atoms with Crippen LogP contribution in [0.4, 0.5) is 0 Å². The number of hydrogen-bond donors (Lipinski definition) is 2. The molecular weight excluding hydrogens is 384 g/mol. The number of carbonyl (C=O) groups is 1. The van der Waals surface area contributed by atoms with Crippen molar-refractivity contribution in [1.82, 2.24) is 0 Å². The molecule has 0 spiro atoms. The molecule has 1 saturated carbocycles. The van der Waals surface area contributed by atoms with Crippen molar-refractivity contribution in [3.63, 3.8) is 0 Å². The van der Waals surface area contributed by atoms with Crippen LogP contribution in [-0.2, 0) is 9.53 Å². The zero-order valence-corrected chi connectivity index (χ0v) is 18.1. The van der Waals surface area contributed by atoms with Gasteiger partial charge in [-0.15, -0.1) is 0 Å². The van der Waals surface area contributed by atoms with E-state index in [1.54, 1.807) is 6.92 Å². The van der Waals surface area contributed by atoms with Crippen molar-refractivity contribution in [3.8, 4) is 5.75 Å². The molecule has 2 N–H and O–H groups in total. The lowest BCUT2D eigenvalue weighted by Gasteiger charge is -2.25. The van der Waals surface area contributed by atoms with E-state index >= 15 is 0 Å². The lowest BCUT2D eigenvalue weighted by molar-refractivity contribution is -0.136. The Kier molecular flexibility index (Phi) is 8.16. The van der Waals surface area contributed by atoms with Gasteiger partial charge in [0.05, 0.1) is 13.2 Å². The summed E-state index contributed by atoms with van der Waals surface area (Å²) in [7, 11) is 0. The molecule has 1 saturated heterocycles. The summed E-state index contributed by atoms with van der Waals surface area (Å²) in [5.41, 5.74) is 1.88. The highest BCUT2D eigenvalue weighted by atomic mass is 16.5. The summed E-state index contributed by atoms with van der Waals surface area (Å²) in [6.45, 7) is 5.19. The molecule has 0 radical (unpaired) electrons. The molecule has 4 rings (SSSR count). The molecule has 6 nitrogen and oxygen atoms in total. The molecule has 1 unspecified atom stereocenters. The van der Waals surface area contributed by atoms with Crippen LogP contribution in [0.5, 0.6) is 5.75 Å². The Balaban J connectivity index is 0.000000461. The second kappa shape index (κ2) is 10.8. The van der Waals surface area contributed by atoms with E-state index in [1.807, 2.05) is 19.1 Å². The molecule has 0 amide bonds. The Labute approximate surface area is 178 Å². The second-order valence-electron chi connectivity index (χ2n) is 8.27. The first-order valence-corrected chi connectivity index (χ1v) is 11.2. The van der Waals surface area contributed by atoms with Gasteiger partial charge in [-0.2, -0.15) is 0 Å². The fraction of sp³-hybridized carbons (Fsp3) is 0.625. The van der Waals surface area contributed by atoms with Gasteiger partial charge in [0.15, 0.2) is 0 Å². The number of benzene rings is 1. The average molecular weight is 419 g/mol. The highest BCUT2D eigenvalue weighted by molar-refractivity contribution is 5.83. The number of aliphatic hydroxyl groups excluding tert-OH is 1. The van der Waals surface area contributed by atoms with Crippen molar-refractivity contribution in [1.29, 1.82) is 0 Å². The number of carboxylic acid groups (broad SMARTS) is 1. The third kappa shape index (κ3) is 5.76. The van der Waals surface area contributed by atoms with E-state index in [2.05, 4.69) is 6.07 Å². The van der Waals surface area contributed by atoms with Crippen molar-refractivity contribution < 1.29 is 28.9 Å². The highest BCUT2D eigenvalue weighted by Gasteiger charge is 2.28. The van der Waals surface area contributed by atoms with Crippen molar-refractivity contribution in [2.45, 2.75) is 77.4 Å². The summed E-state index contributed by atoms with van der Waals surface area (Å²) in [5.74, 6) is 1.20. The van der Waals surface area contributed by atoms with E-state index in [0.717, 1.165) is 66.9 Å². The van der Waals surface area contributed by atoms with Gasteiger partial charge in [-0.3, -0.25) is 4.79 Å². The number of rotatable bonds is 5. The molecule has 2 heterocycles. The van der Waals surface area contributed by atoms with Gasteiger partial charge in [0.25, 0.3) is 0 Å². The minimum absolute atomic E-state index is 0.222. The Bertz CT molecular complexity index is 814. The van der Waals surface area contributed by atoms with Crippen LogP contribution in [0.1, 0.15) is 75.7 Å². The SMILES string of the molecule is CCC(=O)O.Cc1c(C(O)C2CCCCC2)oc2ccc(OC3CCOCC3)cc12. The third-order valence-corrected chi connectivity index (χ3v) is 6.08. The Morgan fingerprint density at radius 1 is 1.17 bits per heavy atom. The molecule has 166 valence electrons. The zero-order chi connectivity index (χ0) is 21.5. The first-order chi connectivity index (χ1) is 14.5. The molecule has 1 aliphatic heterocycles. The quantitative estimate of drug-likeness (QED) is 0.676. The topological polar surface area (TPSA) is 89.1 Å². The van der Waals surface area contributed by atoms with Crippen LogP contribution < -0.4 is 4.74 Å². The predicted molar refractivity (Wildman–Crippen MR) is 115 cm³/mol. The Morgan fingerprint density at radius 2 is 1.83 bits per heavy atom. The molecule has 1 aromatic carbocycles. The van der Waals surface area contributed by atoms with Gasteiger partial charge in [-0.25, -0.2) is 0 Å². The lowest BCUT2D eigenvalue weighted by atomic mass is 9.84. The van der Waals surface area contributed by atoms with Gasteiger partial charge in [-0.1, -0.05) is 26.2 Å². The minimum atomic E-state index is -0.745. The lowest BCUT2D eigenvalue weighted by Crippen LogP contribution is -2.25. The molecule has 1 aromatic heterocycles. The fourth-order valence-corrected chi connectivity index (χ4v) is 4.22. The standard InChI is InChI=1S/C21H28O4.C3H6O2/c1-14-18-13-17(24-16-9-11-23-12-10-16)7-8-19(18)25-21(14)20(22)15-5-3-2-4-6-15;1-2-3(4)5/h7-8,13,15-16,20,22H,2-6,9-12H2,1H3;2H2,1H3,(H,4,5). The molecule has 2 aliphatic rings. The minimum Gasteiger partial charge on any atom is -0.490 e. The molecule has 2 aromatic rings. The molecule has 2 fully saturated rings. The number of ether oxygens (including phenoxy) is 2. The van der Waals surface area contributed by atoms with Crippen molar-refractivity contribution in [2.24, 2.45) is 5.92 Å². The Morgan fingerprint density at radius 3 is 2.47 bits per heavy atom. The number of furan rings is 1. The first kappa shape index (κ1) is 22.6.